The van der Waals surface area contributed by atoms with Gasteiger partial charge in [-0.05, 0) is 13.3 Å². The molecule has 0 rings (SSSR count). The molecule has 0 radical (unpaired) electrons. The average Bonchev–Trinajstić information content (AvgIpc) is 2.05. The fourth-order valence-corrected chi connectivity index (χ4v) is 0.961. The third-order valence-electron chi connectivity index (χ3n) is 1.64. The molecule has 0 fully saturated rings. The summed E-state index contributed by atoms with van der Waals surface area (Å²) in [6.07, 6.45) is 1.33. The average molecular weight is 186 g/mol. The molecular formula is C9H18N2O2. The molecule has 0 aliphatic carbocycles. The maximum atomic E-state index is 11.2. The highest BCUT2D eigenvalue weighted by molar-refractivity contribution is 5.84. The molecule has 0 unspecified atom stereocenters. The number of hydrogen-bond acceptors (Lipinski definition) is 2. The van der Waals surface area contributed by atoms with Crippen LogP contribution in [-0.2, 0) is 9.59 Å². The van der Waals surface area contributed by atoms with Gasteiger partial charge in [0.1, 0.15) is 0 Å². The molecule has 0 atom stereocenters. The molecule has 0 saturated heterocycles. The number of nitrogens with one attached hydrogen (secondary N) is 1. The second-order valence-corrected chi connectivity index (χ2v) is 2.95. The Hall–Kier alpha value is -1.06. The third kappa shape index (κ3) is 5.22. The Labute approximate surface area is 79.3 Å². The predicted molar refractivity (Wildman–Crippen MR) is 51.2 cm³/mol. The van der Waals surface area contributed by atoms with Crippen LogP contribution in [0.3, 0.4) is 0 Å². The van der Waals surface area contributed by atoms with Gasteiger partial charge in [0.25, 0.3) is 0 Å². The van der Waals surface area contributed by atoms with Crippen LogP contribution in [0.5, 0.6) is 0 Å². The summed E-state index contributed by atoms with van der Waals surface area (Å²) in [5, 5.41) is 2.64. The zero-order chi connectivity index (χ0) is 10.3. The van der Waals surface area contributed by atoms with E-state index in [-0.39, 0.29) is 18.4 Å². The molecule has 4 nitrogen and oxygen atoms in total. The van der Waals surface area contributed by atoms with Crippen LogP contribution in [0, 0.1) is 0 Å². The maximum Gasteiger partial charge on any atom is 0.239 e. The van der Waals surface area contributed by atoms with Crippen LogP contribution in [0.4, 0.5) is 0 Å². The first-order valence-electron chi connectivity index (χ1n) is 4.62. The van der Waals surface area contributed by atoms with Gasteiger partial charge in [0.2, 0.25) is 11.8 Å². The molecule has 0 aliphatic rings. The van der Waals surface area contributed by atoms with Gasteiger partial charge in [0.15, 0.2) is 0 Å². The van der Waals surface area contributed by atoms with E-state index in [0.717, 1.165) is 6.42 Å². The number of rotatable bonds is 5. The standard InChI is InChI=1S/C9H18N2O2/c1-4-6-9(13)11(3)7-8(12)10-5-2/h4-7H2,1-3H3,(H,10,12). The first-order valence-corrected chi connectivity index (χ1v) is 4.62. The van der Waals surface area contributed by atoms with E-state index in [2.05, 4.69) is 5.32 Å². The van der Waals surface area contributed by atoms with E-state index in [4.69, 9.17) is 0 Å². The van der Waals surface area contributed by atoms with Crippen LogP contribution in [0.1, 0.15) is 26.7 Å². The lowest BCUT2D eigenvalue weighted by atomic mass is 10.3. The number of carbonyl (C=O) groups excluding carboxylic acids is 2. The molecule has 0 aromatic rings. The molecule has 1 N–H and O–H groups in total. The van der Waals surface area contributed by atoms with Crippen molar-refractivity contribution in [3.8, 4) is 0 Å². The second kappa shape index (κ2) is 6.46. The molecule has 4 heteroatoms. The van der Waals surface area contributed by atoms with E-state index in [1.165, 1.54) is 4.90 Å². The van der Waals surface area contributed by atoms with Crippen molar-refractivity contribution in [2.45, 2.75) is 26.7 Å². The van der Waals surface area contributed by atoms with E-state index >= 15 is 0 Å². The molecule has 0 spiro atoms. The Balaban J connectivity index is 3.78. The van der Waals surface area contributed by atoms with Gasteiger partial charge in [-0.1, -0.05) is 6.92 Å². The van der Waals surface area contributed by atoms with Crippen molar-refractivity contribution in [1.29, 1.82) is 0 Å². The summed E-state index contributed by atoms with van der Waals surface area (Å²) in [7, 11) is 1.65. The van der Waals surface area contributed by atoms with Crippen molar-refractivity contribution in [3.63, 3.8) is 0 Å². The molecule has 0 bridgehead atoms. The maximum absolute atomic E-state index is 11.2. The van der Waals surface area contributed by atoms with Crippen LogP contribution in [0.15, 0.2) is 0 Å². The van der Waals surface area contributed by atoms with Crippen molar-refractivity contribution < 1.29 is 9.59 Å². The van der Waals surface area contributed by atoms with Crippen LogP contribution < -0.4 is 5.32 Å². The van der Waals surface area contributed by atoms with Crippen LogP contribution in [0.25, 0.3) is 0 Å². The lowest BCUT2D eigenvalue weighted by Gasteiger charge is -2.15. The Morgan fingerprint density at radius 1 is 1.31 bits per heavy atom. The molecule has 0 aromatic carbocycles. The number of likely N-dealkylation sites (N-methyl/N-ethyl adjacent to an activating group) is 2. The molecule has 0 heterocycles. The lowest BCUT2D eigenvalue weighted by molar-refractivity contribution is -0.134. The lowest BCUT2D eigenvalue weighted by Crippen LogP contribution is -2.38. The largest absolute Gasteiger partial charge is 0.355 e. The quantitative estimate of drug-likeness (QED) is 0.675. The fourth-order valence-electron chi connectivity index (χ4n) is 0.961. The summed E-state index contributed by atoms with van der Waals surface area (Å²) in [5.41, 5.74) is 0. The molecule has 2 amide bonds. The third-order valence-corrected chi connectivity index (χ3v) is 1.64. The summed E-state index contributed by atoms with van der Waals surface area (Å²) in [5.74, 6) is -0.0804. The smallest absolute Gasteiger partial charge is 0.239 e. The second-order valence-electron chi connectivity index (χ2n) is 2.95. The Morgan fingerprint density at radius 2 is 1.92 bits per heavy atom. The minimum absolute atomic E-state index is 0.0220. The minimum Gasteiger partial charge on any atom is -0.355 e. The number of amides is 2. The van der Waals surface area contributed by atoms with Crippen LogP contribution >= 0.6 is 0 Å². The Morgan fingerprint density at radius 3 is 2.38 bits per heavy atom. The van der Waals surface area contributed by atoms with Crippen molar-refractivity contribution in [3.05, 3.63) is 0 Å². The zero-order valence-corrected chi connectivity index (χ0v) is 8.59. The molecule has 0 aromatic heterocycles. The van der Waals surface area contributed by atoms with E-state index in [1.54, 1.807) is 7.05 Å². The van der Waals surface area contributed by atoms with Gasteiger partial charge in [-0.3, -0.25) is 9.59 Å². The molecule has 0 aliphatic heterocycles. The summed E-state index contributed by atoms with van der Waals surface area (Å²) in [6.45, 7) is 4.56. The minimum atomic E-state index is -0.102. The number of hydrogen-bond donors (Lipinski definition) is 1. The summed E-state index contributed by atoms with van der Waals surface area (Å²) < 4.78 is 0. The predicted octanol–water partition coefficient (Wildman–Crippen LogP) is 0.381. The topological polar surface area (TPSA) is 49.4 Å². The van der Waals surface area contributed by atoms with E-state index < -0.39 is 0 Å². The molecule has 13 heavy (non-hydrogen) atoms. The highest BCUT2D eigenvalue weighted by Crippen LogP contribution is 1.93. The van der Waals surface area contributed by atoms with E-state index in [9.17, 15) is 9.59 Å². The van der Waals surface area contributed by atoms with Crippen molar-refractivity contribution in [2.75, 3.05) is 20.1 Å². The van der Waals surface area contributed by atoms with Crippen LogP contribution in [0.2, 0.25) is 0 Å². The summed E-state index contributed by atoms with van der Waals surface area (Å²) in [6, 6.07) is 0. The molecule has 76 valence electrons. The summed E-state index contributed by atoms with van der Waals surface area (Å²) >= 11 is 0. The normalized spacial score (nSPS) is 9.46. The zero-order valence-electron chi connectivity index (χ0n) is 8.59. The van der Waals surface area contributed by atoms with Gasteiger partial charge in [-0.15, -0.1) is 0 Å². The van der Waals surface area contributed by atoms with Crippen molar-refractivity contribution in [2.24, 2.45) is 0 Å². The SMILES string of the molecule is CCCC(=O)N(C)CC(=O)NCC. The highest BCUT2D eigenvalue weighted by Gasteiger charge is 2.10. The van der Waals surface area contributed by atoms with Gasteiger partial charge in [-0.2, -0.15) is 0 Å². The van der Waals surface area contributed by atoms with E-state index in [1.807, 2.05) is 13.8 Å². The van der Waals surface area contributed by atoms with Gasteiger partial charge in [0, 0.05) is 20.0 Å². The van der Waals surface area contributed by atoms with Crippen molar-refractivity contribution in [1.82, 2.24) is 10.2 Å². The molecular weight excluding hydrogens is 168 g/mol. The molecule has 0 saturated carbocycles. The Bertz CT molecular complexity index is 180. The highest BCUT2D eigenvalue weighted by atomic mass is 16.2. The summed E-state index contributed by atoms with van der Waals surface area (Å²) in [4.78, 5) is 23.7. The van der Waals surface area contributed by atoms with Gasteiger partial charge < -0.3 is 10.2 Å². The van der Waals surface area contributed by atoms with Crippen LogP contribution in [-0.4, -0.2) is 36.9 Å². The van der Waals surface area contributed by atoms with E-state index in [0.29, 0.717) is 13.0 Å². The van der Waals surface area contributed by atoms with Gasteiger partial charge in [0.05, 0.1) is 6.54 Å². The Kier molecular flexibility index (Phi) is 5.93. The first-order chi connectivity index (χ1) is 6.11. The van der Waals surface area contributed by atoms with Gasteiger partial charge in [-0.25, -0.2) is 0 Å². The first kappa shape index (κ1) is 11.9. The monoisotopic (exact) mass is 186 g/mol. The number of carbonyl (C=O) groups is 2. The number of nitrogens with zero attached hydrogens (tertiary/aromatic N) is 1. The fraction of sp³-hybridized carbons (Fsp3) is 0.778. The van der Waals surface area contributed by atoms with Gasteiger partial charge >= 0.3 is 0 Å². The van der Waals surface area contributed by atoms with Crippen molar-refractivity contribution >= 4 is 11.8 Å².